The number of ether oxygens (including phenoxy) is 1. The van der Waals surface area contributed by atoms with Crippen LogP contribution < -0.4 is 10.1 Å². The van der Waals surface area contributed by atoms with Gasteiger partial charge in [-0.1, -0.05) is 13.0 Å². The number of nitrogens with one attached hydrogen (secondary N) is 1. The van der Waals surface area contributed by atoms with Crippen LogP contribution in [0, 0.1) is 0 Å². The lowest BCUT2D eigenvalue weighted by atomic mass is 10.1. The molecule has 2 aromatic rings. The van der Waals surface area contributed by atoms with E-state index in [0.29, 0.717) is 0 Å². The fourth-order valence-corrected chi connectivity index (χ4v) is 2.79. The van der Waals surface area contributed by atoms with Gasteiger partial charge in [-0.2, -0.15) is 0 Å². The number of aryl methyl sites for hydroxylation is 2. The first-order valence-corrected chi connectivity index (χ1v) is 7.80. The average molecular weight is 282 g/mol. The molecule has 21 heavy (non-hydrogen) atoms. The van der Waals surface area contributed by atoms with E-state index in [1.807, 2.05) is 12.3 Å². The Balaban J connectivity index is 1.75. The van der Waals surface area contributed by atoms with Crippen molar-refractivity contribution in [2.45, 2.75) is 39.2 Å². The molecule has 3 nitrogen and oxygen atoms in total. The number of hydrogen-bond donors (Lipinski definition) is 1. The Labute approximate surface area is 126 Å². The summed E-state index contributed by atoms with van der Waals surface area (Å²) in [5.74, 6) is 1.76. The van der Waals surface area contributed by atoms with Gasteiger partial charge in [0.25, 0.3) is 0 Å². The summed E-state index contributed by atoms with van der Waals surface area (Å²) in [5.41, 5.74) is 4.05. The van der Waals surface area contributed by atoms with Crippen molar-refractivity contribution in [2.24, 2.45) is 0 Å². The van der Waals surface area contributed by atoms with Crippen molar-refractivity contribution < 1.29 is 4.74 Å². The summed E-state index contributed by atoms with van der Waals surface area (Å²) in [6.07, 6.45) is 8.39. The van der Waals surface area contributed by atoms with Crippen molar-refractivity contribution in [1.82, 2.24) is 10.3 Å². The van der Waals surface area contributed by atoms with Crippen LogP contribution in [0.4, 0.5) is 0 Å². The lowest BCUT2D eigenvalue weighted by Gasteiger charge is -2.12. The number of aromatic nitrogens is 1. The molecule has 1 aromatic carbocycles. The van der Waals surface area contributed by atoms with Crippen LogP contribution in [0.1, 0.15) is 36.5 Å². The quantitative estimate of drug-likeness (QED) is 0.817. The minimum absolute atomic E-state index is 0.816. The van der Waals surface area contributed by atoms with Gasteiger partial charge < -0.3 is 10.1 Å². The van der Waals surface area contributed by atoms with Crippen LogP contribution in [0.2, 0.25) is 0 Å². The maximum Gasteiger partial charge on any atom is 0.150 e. The molecular formula is C18H22N2O. The summed E-state index contributed by atoms with van der Waals surface area (Å²) >= 11 is 0. The maximum absolute atomic E-state index is 6.06. The Bertz CT molecular complexity index is 610. The van der Waals surface area contributed by atoms with Crippen LogP contribution in [-0.4, -0.2) is 11.5 Å². The third-order valence-corrected chi connectivity index (χ3v) is 3.91. The van der Waals surface area contributed by atoms with E-state index >= 15 is 0 Å². The zero-order chi connectivity index (χ0) is 14.5. The van der Waals surface area contributed by atoms with E-state index in [9.17, 15) is 0 Å². The Morgan fingerprint density at radius 3 is 3.00 bits per heavy atom. The zero-order valence-corrected chi connectivity index (χ0v) is 12.6. The van der Waals surface area contributed by atoms with E-state index in [0.717, 1.165) is 36.6 Å². The standard InChI is InChI=1S/C18H22N2O/c1-2-9-19-12-16-8-10-20-13-18(16)21-17-7-6-14-4-3-5-15(14)11-17/h6-8,10-11,13,19H,2-5,9,12H2,1H3. The second kappa shape index (κ2) is 6.72. The van der Waals surface area contributed by atoms with Gasteiger partial charge in [-0.05, 0) is 61.6 Å². The molecule has 110 valence electrons. The summed E-state index contributed by atoms with van der Waals surface area (Å²) in [7, 11) is 0. The molecule has 0 saturated heterocycles. The molecule has 0 unspecified atom stereocenters. The SMILES string of the molecule is CCCNCc1ccncc1Oc1ccc2c(c1)CCC2. The number of pyridine rings is 1. The van der Waals surface area contributed by atoms with Gasteiger partial charge >= 0.3 is 0 Å². The average Bonchev–Trinajstić information content (AvgIpc) is 2.97. The van der Waals surface area contributed by atoms with Gasteiger partial charge in [-0.15, -0.1) is 0 Å². The summed E-state index contributed by atoms with van der Waals surface area (Å²) < 4.78 is 6.06. The van der Waals surface area contributed by atoms with E-state index < -0.39 is 0 Å². The smallest absolute Gasteiger partial charge is 0.150 e. The molecule has 1 aliphatic carbocycles. The second-order valence-electron chi connectivity index (χ2n) is 5.55. The summed E-state index contributed by atoms with van der Waals surface area (Å²) in [6, 6.07) is 8.47. The normalized spacial score (nSPS) is 13.2. The predicted molar refractivity (Wildman–Crippen MR) is 84.8 cm³/mol. The molecule has 0 saturated carbocycles. The van der Waals surface area contributed by atoms with Gasteiger partial charge in [0.1, 0.15) is 11.5 Å². The molecule has 1 heterocycles. The Morgan fingerprint density at radius 2 is 2.10 bits per heavy atom. The van der Waals surface area contributed by atoms with Gasteiger partial charge in [0, 0.05) is 18.3 Å². The molecule has 1 aromatic heterocycles. The van der Waals surface area contributed by atoms with Crippen molar-refractivity contribution in [3.63, 3.8) is 0 Å². The predicted octanol–water partition coefficient (Wildman–Crippen LogP) is 3.86. The summed E-state index contributed by atoms with van der Waals surface area (Å²) in [5, 5.41) is 3.41. The Kier molecular flexibility index (Phi) is 4.51. The molecule has 0 amide bonds. The van der Waals surface area contributed by atoms with Crippen LogP contribution in [0.3, 0.4) is 0 Å². The minimum atomic E-state index is 0.816. The van der Waals surface area contributed by atoms with Crippen molar-refractivity contribution in [2.75, 3.05) is 6.54 Å². The second-order valence-corrected chi connectivity index (χ2v) is 5.55. The Morgan fingerprint density at radius 1 is 1.19 bits per heavy atom. The molecule has 0 bridgehead atoms. The molecule has 0 aliphatic heterocycles. The molecular weight excluding hydrogens is 260 g/mol. The molecule has 1 N–H and O–H groups in total. The molecule has 0 spiro atoms. The van der Waals surface area contributed by atoms with E-state index in [2.05, 4.69) is 35.4 Å². The van der Waals surface area contributed by atoms with Gasteiger partial charge in [-0.3, -0.25) is 4.98 Å². The monoisotopic (exact) mass is 282 g/mol. The Hall–Kier alpha value is -1.87. The molecule has 3 heteroatoms. The molecule has 0 radical (unpaired) electrons. The third kappa shape index (κ3) is 3.42. The highest BCUT2D eigenvalue weighted by Crippen LogP contribution is 2.30. The van der Waals surface area contributed by atoms with Crippen molar-refractivity contribution in [1.29, 1.82) is 0 Å². The first kappa shape index (κ1) is 14.1. The number of nitrogens with zero attached hydrogens (tertiary/aromatic N) is 1. The largest absolute Gasteiger partial charge is 0.455 e. The molecule has 0 fully saturated rings. The first-order chi connectivity index (χ1) is 10.4. The van der Waals surface area contributed by atoms with E-state index in [-0.39, 0.29) is 0 Å². The van der Waals surface area contributed by atoms with Crippen LogP contribution in [-0.2, 0) is 19.4 Å². The van der Waals surface area contributed by atoms with Gasteiger partial charge in [0.15, 0.2) is 0 Å². The number of fused-ring (bicyclic) bond motifs is 1. The van der Waals surface area contributed by atoms with Crippen LogP contribution >= 0.6 is 0 Å². The van der Waals surface area contributed by atoms with Gasteiger partial charge in [0.2, 0.25) is 0 Å². The molecule has 0 atom stereocenters. The highest BCUT2D eigenvalue weighted by atomic mass is 16.5. The van der Waals surface area contributed by atoms with E-state index in [1.165, 1.54) is 30.4 Å². The number of rotatable bonds is 6. The maximum atomic E-state index is 6.06. The van der Waals surface area contributed by atoms with Crippen LogP contribution in [0.5, 0.6) is 11.5 Å². The lowest BCUT2D eigenvalue weighted by molar-refractivity contribution is 0.469. The fourth-order valence-electron chi connectivity index (χ4n) is 2.79. The molecule has 3 rings (SSSR count). The fraction of sp³-hybridized carbons (Fsp3) is 0.389. The lowest BCUT2D eigenvalue weighted by Crippen LogP contribution is -2.14. The van der Waals surface area contributed by atoms with E-state index in [4.69, 9.17) is 4.74 Å². The molecule has 1 aliphatic rings. The highest BCUT2D eigenvalue weighted by Gasteiger charge is 2.12. The minimum Gasteiger partial charge on any atom is -0.455 e. The topological polar surface area (TPSA) is 34.2 Å². The number of benzene rings is 1. The van der Waals surface area contributed by atoms with Crippen molar-refractivity contribution in [3.05, 3.63) is 53.3 Å². The van der Waals surface area contributed by atoms with Gasteiger partial charge in [-0.25, -0.2) is 0 Å². The van der Waals surface area contributed by atoms with Crippen LogP contribution in [0.25, 0.3) is 0 Å². The zero-order valence-electron chi connectivity index (χ0n) is 12.6. The third-order valence-electron chi connectivity index (χ3n) is 3.91. The summed E-state index contributed by atoms with van der Waals surface area (Å²) in [4.78, 5) is 4.19. The highest BCUT2D eigenvalue weighted by molar-refractivity contribution is 5.41. The van der Waals surface area contributed by atoms with Crippen molar-refractivity contribution >= 4 is 0 Å². The number of hydrogen-bond acceptors (Lipinski definition) is 3. The van der Waals surface area contributed by atoms with E-state index in [1.54, 1.807) is 6.20 Å². The van der Waals surface area contributed by atoms with Crippen molar-refractivity contribution in [3.8, 4) is 11.5 Å². The first-order valence-electron chi connectivity index (χ1n) is 7.80. The van der Waals surface area contributed by atoms with Gasteiger partial charge in [0.05, 0.1) is 6.20 Å². The summed E-state index contributed by atoms with van der Waals surface area (Å²) in [6.45, 7) is 4.00. The van der Waals surface area contributed by atoms with Crippen LogP contribution in [0.15, 0.2) is 36.7 Å².